The smallest absolute Gasteiger partial charge is 0.410 e. The van der Waals surface area contributed by atoms with Gasteiger partial charge in [0.2, 0.25) is 0 Å². The van der Waals surface area contributed by atoms with E-state index < -0.39 is 23.2 Å². The molecule has 16 heavy (non-hydrogen) atoms. The zero-order chi connectivity index (χ0) is 12.6. The van der Waals surface area contributed by atoms with Crippen molar-refractivity contribution >= 4 is 12.1 Å². The normalized spacial score (nSPS) is 17.8. The number of hydrogen-bond donors (Lipinski definition) is 0. The van der Waals surface area contributed by atoms with Crippen LogP contribution in [-0.2, 0) is 9.53 Å². The summed E-state index contributed by atoms with van der Waals surface area (Å²) in [4.78, 5) is 23.7. The largest absolute Gasteiger partial charge is 0.550 e. The van der Waals surface area contributed by atoms with Crippen LogP contribution >= 0.6 is 0 Å². The summed E-state index contributed by atoms with van der Waals surface area (Å²) in [5.74, 6) is -1.13. The van der Waals surface area contributed by atoms with E-state index in [0.29, 0.717) is 12.8 Å². The average molecular weight is 228 g/mol. The third-order valence-corrected chi connectivity index (χ3v) is 2.68. The topological polar surface area (TPSA) is 69.7 Å². The number of aliphatic carboxylic acids is 1. The highest BCUT2D eigenvalue weighted by molar-refractivity contribution is 5.73. The Labute approximate surface area is 95.4 Å². The second kappa shape index (κ2) is 3.96. The van der Waals surface area contributed by atoms with Gasteiger partial charge in [-0.2, -0.15) is 0 Å². The molecule has 1 saturated carbocycles. The van der Waals surface area contributed by atoms with E-state index in [-0.39, 0.29) is 6.42 Å². The molecule has 0 unspecified atom stereocenters. The van der Waals surface area contributed by atoms with Gasteiger partial charge in [-0.1, -0.05) is 0 Å². The predicted octanol–water partition coefficient (Wildman–Crippen LogP) is 0.526. The second-order valence-corrected chi connectivity index (χ2v) is 5.31. The summed E-state index contributed by atoms with van der Waals surface area (Å²) >= 11 is 0. The molecular formula is C11H18NO4-. The molecule has 0 bridgehead atoms. The minimum absolute atomic E-state index is 0.122. The monoisotopic (exact) mass is 228 g/mol. The average Bonchev–Trinajstić information content (AvgIpc) is 2.80. The molecule has 1 aliphatic rings. The van der Waals surface area contributed by atoms with Gasteiger partial charge in [0.15, 0.2) is 0 Å². The van der Waals surface area contributed by atoms with Crippen molar-refractivity contribution in [3.8, 4) is 0 Å². The van der Waals surface area contributed by atoms with E-state index >= 15 is 0 Å². The minimum Gasteiger partial charge on any atom is -0.550 e. The summed E-state index contributed by atoms with van der Waals surface area (Å²) < 4.78 is 5.18. The van der Waals surface area contributed by atoms with Crippen LogP contribution in [0.25, 0.3) is 0 Å². The maximum atomic E-state index is 11.7. The van der Waals surface area contributed by atoms with Gasteiger partial charge in [-0.3, -0.25) is 0 Å². The molecule has 92 valence electrons. The van der Waals surface area contributed by atoms with Crippen molar-refractivity contribution in [3.05, 3.63) is 0 Å². The first kappa shape index (κ1) is 12.8. The van der Waals surface area contributed by atoms with Gasteiger partial charge >= 0.3 is 6.09 Å². The minimum atomic E-state index is -1.13. The molecule has 1 amide bonds. The molecule has 5 nitrogen and oxygen atoms in total. The molecule has 0 aromatic carbocycles. The van der Waals surface area contributed by atoms with Crippen molar-refractivity contribution < 1.29 is 19.4 Å². The first-order valence-electron chi connectivity index (χ1n) is 5.33. The van der Waals surface area contributed by atoms with Crippen LogP contribution in [0.15, 0.2) is 0 Å². The molecule has 0 aliphatic heterocycles. The fourth-order valence-corrected chi connectivity index (χ4v) is 1.57. The molecule has 0 heterocycles. The van der Waals surface area contributed by atoms with E-state index in [1.54, 1.807) is 27.8 Å². The SMILES string of the molecule is CN(C(=O)OC(C)(C)C)C1(CC(=O)[O-])CC1. The number of nitrogens with zero attached hydrogens (tertiary/aromatic N) is 1. The maximum Gasteiger partial charge on any atom is 0.410 e. The first-order chi connectivity index (χ1) is 7.16. The second-order valence-electron chi connectivity index (χ2n) is 5.31. The summed E-state index contributed by atoms with van der Waals surface area (Å²) in [6.45, 7) is 5.32. The van der Waals surface area contributed by atoms with Gasteiger partial charge in [0, 0.05) is 19.4 Å². The van der Waals surface area contributed by atoms with Crippen LogP contribution in [0.3, 0.4) is 0 Å². The van der Waals surface area contributed by atoms with Gasteiger partial charge in [-0.05, 0) is 33.6 Å². The van der Waals surface area contributed by atoms with Gasteiger partial charge in [0.05, 0.1) is 5.54 Å². The molecule has 0 radical (unpaired) electrons. The lowest BCUT2D eigenvalue weighted by atomic mass is 10.1. The Morgan fingerprint density at radius 2 is 1.88 bits per heavy atom. The molecule has 0 saturated heterocycles. The van der Waals surface area contributed by atoms with E-state index in [0.717, 1.165) is 0 Å². The Bertz CT molecular complexity index is 302. The van der Waals surface area contributed by atoms with Crippen LogP contribution in [0.2, 0.25) is 0 Å². The fraction of sp³-hybridized carbons (Fsp3) is 0.818. The zero-order valence-corrected chi connectivity index (χ0v) is 10.2. The van der Waals surface area contributed by atoms with Crippen LogP contribution < -0.4 is 5.11 Å². The lowest BCUT2D eigenvalue weighted by Gasteiger charge is -2.31. The molecule has 0 aromatic rings. The van der Waals surface area contributed by atoms with E-state index in [2.05, 4.69) is 0 Å². The van der Waals surface area contributed by atoms with E-state index in [9.17, 15) is 14.7 Å². The predicted molar refractivity (Wildman–Crippen MR) is 55.6 cm³/mol. The number of carboxylic acids is 1. The summed E-state index contributed by atoms with van der Waals surface area (Å²) in [6.07, 6.45) is 0.780. The summed E-state index contributed by atoms with van der Waals surface area (Å²) in [5.41, 5.74) is -1.15. The van der Waals surface area contributed by atoms with Crippen LogP contribution in [-0.4, -0.2) is 35.2 Å². The lowest BCUT2D eigenvalue weighted by Crippen LogP contribution is -2.45. The number of carboxylic acid groups (broad SMARTS) is 1. The molecule has 0 aromatic heterocycles. The van der Waals surface area contributed by atoms with Crippen molar-refractivity contribution in [3.63, 3.8) is 0 Å². The van der Waals surface area contributed by atoms with Crippen LogP contribution in [0.5, 0.6) is 0 Å². The Morgan fingerprint density at radius 1 is 1.38 bits per heavy atom. The number of amides is 1. The van der Waals surface area contributed by atoms with Crippen molar-refractivity contribution in [2.24, 2.45) is 0 Å². The first-order valence-corrected chi connectivity index (χ1v) is 5.33. The van der Waals surface area contributed by atoms with Crippen molar-refractivity contribution in [2.75, 3.05) is 7.05 Å². The fourth-order valence-electron chi connectivity index (χ4n) is 1.57. The van der Waals surface area contributed by atoms with Crippen LogP contribution in [0.1, 0.15) is 40.0 Å². The third kappa shape index (κ3) is 3.12. The highest BCUT2D eigenvalue weighted by atomic mass is 16.6. The molecule has 0 atom stereocenters. The Kier molecular flexibility index (Phi) is 3.17. The lowest BCUT2D eigenvalue weighted by molar-refractivity contribution is -0.307. The molecule has 0 N–H and O–H groups in total. The number of hydrogen-bond acceptors (Lipinski definition) is 4. The van der Waals surface area contributed by atoms with Gasteiger partial charge in [0.1, 0.15) is 5.60 Å². The molecular weight excluding hydrogens is 210 g/mol. The quantitative estimate of drug-likeness (QED) is 0.706. The number of ether oxygens (including phenoxy) is 1. The highest BCUT2D eigenvalue weighted by Gasteiger charge is 2.49. The molecule has 1 rings (SSSR count). The zero-order valence-electron chi connectivity index (χ0n) is 10.2. The standard InChI is InChI=1S/C11H19NO4/c1-10(2,3)16-9(15)12(4)11(5-6-11)7-8(13)14/h5-7H2,1-4H3,(H,13,14)/p-1. The maximum absolute atomic E-state index is 11.7. The van der Waals surface area contributed by atoms with E-state index in [1.165, 1.54) is 4.90 Å². The Balaban J connectivity index is 2.60. The van der Waals surface area contributed by atoms with Gasteiger partial charge in [-0.25, -0.2) is 4.79 Å². The van der Waals surface area contributed by atoms with E-state index in [4.69, 9.17) is 4.74 Å². The molecule has 1 fully saturated rings. The van der Waals surface area contributed by atoms with Crippen molar-refractivity contribution in [1.82, 2.24) is 4.90 Å². The summed E-state index contributed by atoms with van der Waals surface area (Å²) in [6, 6.07) is 0. The third-order valence-electron chi connectivity index (χ3n) is 2.68. The highest BCUT2D eigenvalue weighted by Crippen LogP contribution is 2.44. The van der Waals surface area contributed by atoms with Gasteiger partial charge in [-0.15, -0.1) is 0 Å². The molecule has 1 aliphatic carbocycles. The number of carbonyl (C=O) groups excluding carboxylic acids is 2. The van der Waals surface area contributed by atoms with Crippen LogP contribution in [0, 0.1) is 0 Å². The van der Waals surface area contributed by atoms with Gasteiger partial charge < -0.3 is 19.5 Å². The summed E-state index contributed by atoms with van der Waals surface area (Å²) in [7, 11) is 1.57. The summed E-state index contributed by atoms with van der Waals surface area (Å²) in [5, 5.41) is 10.6. The Morgan fingerprint density at radius 3 is 2.19 bits per heavy atom. The number of rotatable bonds is 3. The van der Waals surface area contributed by atoms with Crippen molar-refractivity contribution in [2.45, 2.75) is 51.2 Å². The molecule has 5 heteroatoms. The van der Waals surface area contributed by atoms with Crippen LogP contribution in [0.4, 0.5) is 4.79 Å². The number of carbonyl (C=O) groups is 2. The Hall–Kier alpha value is -1.26. The van der Waals surface area contributed by atoms with Crippen molar-refractivity contribution in [1.29, 1.82) is 0 Å². The van der Waals surface area contributed by atoms with E-state index in [1.807, 2.05) is 0 Å². The van der Waals surface area contributed by atoms with Gasteiger partial charge in [0.25, 0.3) is 0 Å². The molecule has 0 spiro atoms.